The molecule has 3 aromatic rings. The molecule has 8 nitrogen and oxygen atoms in total. The van der Waals surface area contributed by atoms with E-state index in [-0.39, 0.29) is 5.91 Å². The highest BCUT2D eigenvalue weighted by Gasteiger charge is 2.13. The fourth-order valence-corrected chi connectivity index (χ4v) is 3.59. The number of hydrogen-bond donors (Lipinski definition) is 2. The Bertz CT molecular complexity index is 925. The van der Waals surface area contributed by atoms with Crippen molar-refractivity contribution in [2.24, 2.45) is 0 Å². The van der Waals surface area contributed by atoms with Crippen LogP contribution >= 0.6 is 11.3 Å². The van der Waals surface area contributed by atoms with E-state index in [9.17, 15) is 4.79 Å². The molecular weight excluding hydrogens is 364 g/mol. The van der Waals surface area contributed by atoms with Gasteiger partial charge in [-0.1, -0.05) is 0 Å². The van der Waals surface area contributed by atoms with E-state index in [2.05, 4.69) is 30.5 Å². The maximum Gasteiger partial charge on any atom is 0.251 e. The molecule has 27 heavy (non-hydrogen) atoms. The smallest absolute Gasteiger partial charge is 0.251 e. The summed E-state index contributed by atoms with van der Waals surface area (Å²) in [4.78, 5) is 27.2. The van der Waals surface area contributed by atoms with Crippen molar-refractivity contribution in [1.29, 1.82) is 0 Å². The highest BCUT2D eigenvalue weighted by Crippen LogP contribution is 2.19. The summed E-state index contributed by atoms with van der Waals surface area (Å²) in [5.74, 6) is 1.54. The van der Waals surface area contributed by atoms with Crippen LogP contribution in [0.1, 0.15) is 10.4 Å². The fourth-order valence-electron chi connectivity index (χ4n) is 2.87. The molecule has 4 rings (SSSR count). The summed E-state index contributed by atoms with van der Waals surface area (Å²) < 4.78 is 6.38. The van der Waals surface area contributed by atoms with Gasteiger partial charge >= 0.3 is 0 Å². The number of nitrogens with one attached hydrogen (secondary N) is 2. The highest BCUT2D eigenvalue weighted by atomic mass is 32.1. The normalized spacial score (nSPS) is 14.3. The third-order valence-electron chi connectivity index (χ3n) is 4.30. The first-order chi connectivity index (χ1) is 13.3. The van der Waals surface area contributed by atoms with Crippen molar-refractivity contribution in [3.8, 4) is 0 Å². The Morgan fingerprint density at radius 1 is 1.15 bits per heavy atom. The molecule has 0 saturated carbocycles. The number of carbonyl (C=O) groups is 1. The SMILES string of the molecule is O=C(NCCNc1cc(N2CCOCC2)ncn1)c1ccc2ncsc2c1. The predicted molar refractivity (Wildman–Crippen MR) is 106 cm³/mol. The molecule has 140 valence electrons. The van der Waals surface area contributed by atoms with Gasteiger partial charge in [-0.25, -0.2) is 15.0 Å². The molecule has 0 atom stereocenters. The molecule has 2 N–H and O–H groups in total. The number of benzene rings is 1. The Balaban J connectivity index is 1.27. The lowest BCUT2D eigenvalue weighted by atomic mass is 10.2. The van der Waals surface area contributed by atoms with Gasteiger partial charge in [0.1, 0.15) is 18.0 Å². The fraction of sp³-hybridized carbons (Fsp3) is 0.333. The van der Waals surface area contributed by atoms with Gasteiger partial charge in [0.2, 0.25) is 0 Å². The highest BCUT2D eigenvalue weighted by molar-refractivity contribution is 7.16. The maximum atomic E-state index is 12.3. The topological polar surface area (TPSA) is 92.3 Å². The van der Waals surface area contributed by atoms with Gasteiger partial charge < -0.3 is 20.3 Å². The third-order valence-corrected chi connectivity index (χ3v) is 5.09. The van der Waals surface area contributed by atoms with Crippen LogP contribution in [-0.2, 0) is 4.74 Å². The van der Waals surface area contributed by atoms with Gasteiger partial charge in [0.15, 0.2) is 0 Å². The van der Waals surface area contributed by atoms with Crippen molar-refractivity contribution in [3.63, 3.8) is 0 Å². The molecule has 1 aromatic carbocycles. The molecule has 3 heterocycles. The Morgan fingerprint density at radius 3 is 2.93 bits per heavy atom. The van der Waals surface area contributed by atoms with E-state index in [4.69, 9.17) is 4.74 Å². The van der Waals surface area contributed by atoms with E-state index in [1.165, 1.54) is 11.3 Å². The summed E-state index contributed by atoms with van der Waals surface area (Å²) in [5.41, 5.74) is 3.34. The van der Waals surface area contributed by atoms with Gasteiger partial charge in [-0.05, 0) is 18.2 Å². The average molecular weight is 384 g/mol. The molecule has 2 aromatic heterocycles. The van der Waals surface area contributed by atoms with Crippen LogP contribution in [0.3, 0.4) is 0 Å². The van der Waals surface area contributed by atoms with E-state index < -0.39 is 0 Å². The number of morpholine rings is 1. The first-order valence-corrected chi connectivity index (χ1v) is 9.67. The van der Waals surface area contributed by atoms with Crippen molar-refractivity contribution in [2.75, 3.05) is 49.6 Å². The second-order valence-electron chi connectivity index (χ2n) is 6.08. The van der Waals surface area contributed by atoms with Crippen LogP contribution in [0.4, 0.5) is 11.6 Å². The first kappa shape index (κ1) is 17.6. The van der Waals surface area contributed by atoms with Gasteiger partial charge in [-0.15, -0.1) is 11.3 Å². The van der Waals surface area contributed by atoms with Crippen LogP contribution in [0.25, 0.3) is 10.2 Å². The number of aromatic nitrogens is 3. The summed E-state index contributed by atoms with van der Waals surface area (Å²) in [6, 6.07) is 7.45. The molecule has 9 heteroatoms. The number of nitrogens with zero attached hydrogens (tertiary/aromatic N) is 4. The number of amides is 1. The summed E-state index contributed by atoms with van der Waals surface area (Å²) in [5, 5.41) is 6.14. The quantitative estimate of drug-likeness (QED) is 0.626. The Labute approximate surface area is 160 Å². The van der Waals surface area contributed by atoms with Crippen molar-refractivity contribution in [3.05, 3.63) is 41.7 Å². The average Bonchev–Trinajstić information content (AvgIpc) is 3.20. The van der Waals surface area contributed by atoms with Crippen LogP contribution in [0, 0.1) is 0 Å². The standard InChI is InChI=1S/C18H20N6O2S/c25-18(13-1-2-14-15(9-13)27-12-23-14)20-4-3-19-16-10-17(22-11-21-16)24-5-7-26-8-6-24/h1-2,9-12H,3-8H2,(H,20,25)(H,19,21,22). The molecule has 1 aliphatic rings. The summed E-state index contributed by atoms with van der Waals surface area (Å²) in [6.07, 6.45) is 1.55. The largest absolute Gasteiger partial charge is 0.378 e. The summed E-state index contributed by atoms with van der Waals surface area (Å²) in [7, 11) is 0. The van der Waals surface area contributed by atoms with Gasteiger partial charge in [-0.2, -0.15) is 0 Å². The van der Waals surface area contributed by atoms with E-state index in [1.807, 2.05) is 18.2 Å². The lowest BCUT2D eigenvalue weighted by Gasteiger charge is -2.27. The Kier molecular flexibility index (Phi) is 5.40. The van der Waals surface area contributed by atoms with Gasteiger partial charge in [0.25, 0.3) is 5.91 Å². The minimum Gasteiger partial charge on any atom is -0.378 e. The van der Waals surface area contributed by atoms with E-state index in [1.54, 1.807) is 17.9 Å². The Morgan fingerprint density at radius 2 is 2.04 bits per heavy atom. The van der Waals surface area contributed by atoms with Crippen LogP contribution in [-0.4, -0.2) is 60.3 Å². The summed E-state index contributed by atoms with van der Waals surface area (Å²) >= 11 is 1.53. The lowest BCUT2D eigenvalue weighted by Crippen LogP contribution is -2.36. The third kappa shape index (κ3) is 4.32. The number of hydrogen-bond acceptors (Lipinski definition) is 8. The van der Waals surface area contributed by atoms with Crippen molar-refractivity contribution in [1.82, 2.24) is 20.3 Å². The first-order valence-electron chi connectivity index (χ1n) is 8.80. The molecule has 0 radical (unpaired) electrons. The van der Waals surface area contributed by atoms with E-state index in [0.717, 1.165) is 34.9 Å². The van der Waals surface area contributed by atoms with Gasteiger partial charge in [0, 0.05) is 37.8 Å². The molecule has 0 spiro atoms. The molecular formula is C18H20N6O2S. The number of ether oxygens (including phenoxy) is 1. The van der Waals surface area contributed by atoms with Crippen molar-refractivity contribution in [2.45, 2.75) is 0 Å². The molecule has 1 aliphatic heterocycles. The van der Waals surface area contributed by atoms with Crippen LogP contribution in [0.2, 0.25) is 0 Å². The lowest BCUT2D eigenvalue weighted by molar-refractivity contribution is 0.0955. The van der Waals surface area contributed by atoms with E-state index >= 15 is 0 Å². The minimum absolute atomic E-state index is 0.0937. The molecule has 1 saturated heterocycles. The number of fused-ring (bicyclic) bond motifs is 1. The molecule has 1 fully saturated rings. The number of carbonyl (C=O) groups excluding carboxylic acids is 1. The molecule has 0 aliphatic carbocycles. The maximum absolute atomic E-state index is 12.3. The van der Waals surface area contributed by atoms with Gasteiger partial charge in [0.05, 0.1) is 28.9 Å². The zero-order chi connectivity index (χ0) is 18.5. The zero-order valence-corrected chi connectivity index (χ0v) is 15.5. The van der Waals surface area contributed by atoms with Crippen LogP contribution in [0.5, 0.6) is 0 Å². The number of rotatable bonds is 6. The number of thiazole rings is 1. The molecule has 0 unspecified atom stereocenters. The van der Waals surface area contributed by atoms with Gasteiger partial charge in [-0.3, -0.25) is 4.79 Å². The second kappa shape index (κ2) is 8.28. The van der Waals surface area contributed by atoms with Crippen molar-refractivity contribution < 1.29 is 9.53 Å². The summed E-state index contributed by atoms with van der Waals surface area (Å²) in [6.45, 7) is 4.16. The van der Waals surface area contributed by atoms with Crippen LogP contribution in [0.15, 0.2) is 36.1 Å². The second-order valence-corrected chi connectivity index (χ2v) is 6.96. The monoisotopic (exact) mass is 384 g/mol. The number of anilines is 2. The Hall–Kier alpha value is -2.78. The molecule has 1 amide bonds. The predicted octanol–water partition coefficient (Wildman–Crippen LogP) is 1.76. The van der Waals surface area contributed by atoms with Crippen molar-refractivity contribution >= 4 is 39.1 Å². The zero-order valence-electron chi connectivity index (χ0n) is 14.7. The minimum atomic E-state index is -0.0937. The molecule has 0 bridgehead atoms. The van der Waals surface area contributed by atoms with Crippen LogP contribution < -0.4 is 15.5 Å². The van der Waals surface area contributed by atoms with E-state index in [0.29, 0.717) is 31.9 Å².